The molecule has 19 nitrogen and oxygen atoms in total. The van der Waals surface area contributed by atoms with Gasteiger partial charge in [-0.2, -0.15) is 0 Å². The second-order valence-corrected chi connectivity index (χ2v) is 23.6. The maximum Gasteiger partial charge on any atom is 0.220 e. The van der Waals surface area contributed by atoms with Gasteiger partial charge in [-0.05, 0) is 32.1 Å². The van der Waals surface area contributed by atoms with Gasteiger partial charge in [-0.3, -0.25) is 4.79 Å². The van der Waals surface area contributed by atoms with Gasteiger partial charge >= 0.3 is 0 Å². The van der Waals surface area contributed by atoms with E-state index in [2.05, 4.69) is 31.3 Å². The fraction of sp³-hybridized carbons (Fsp3) is 0.921. The molecule has 3 rings (SSSR count). The maximum atomic E-state index is 13.3. The van der Waals surface area contributed by atoms with Gasteiger partial charge in [0.05, 0.1) is 38.6 Å². The maximum absolute atomic E-state index is 13.3. The van der Waals surface area contributed by atoms with E-state index in [9.17, 15) is 61.0 Å². The van der Waals surface area contributed by atoms with Crippen LogP contribution in [0.25, 0.3) is 0 Å². The number of rotatable bonds is 49. The molecule has 17 atom stereocenters. The van der Waals surface area contributed by atoms with Crippen molar-refractivity contribution in [1.82, 2.24) is 5.32 Å². The van der Waals surface area contributed by atoms with Crippen molar-refractivity contribution in [3.05, 3.63) is 24.3 Å². The van der Waals surface area contributed by atoms with Gasteiger partial charge in [0.25, 0.3) is 0 Å². The topological polar surface area (TPSA) is 307 Å². The third kappa shape index (κ3) is 29.3. The molecule has 0 aromatic rings. The van der Waals surface area contributed by atoms with Crippen molar-refractivity contribution in [1.29, 1.82) is 0 Å². The van der Waals surface area contributed by atoms with E-state index in [1.54, 1.807) is 6.08 Å². The van der Waals surface area contributed by atoms with Gasteiger partial charge in [0, 0.05) is 6.42 Å². The zero-order valence-electron chi connectivity index (χ0n) is 50.5. The van der Waals surface area contributed by atoms with Crippen molar-refractivity contribution in [3.63, 3.8) is 0 Å². The highest BCUT2D eigenvalue weighted by molar-refractivity contribution is 5.76. The molecular formula is C63H117NO18. The number of carbonyl (C=O) groups excluding carboxylic acids is 1. The molecule has 1 amide bonds. The van der Waals surface area contributed by atoms with Crippen LogP contribution in [0, 0.1) is 0 Å². The van der Waals surface area contributed by atoms with Crippen molar-refractivity contribution < 1.29 is 89.4 Å². The Morgan fingerprint density at radius 2 is 0.780 bits per heavy atom. The molecule has 3 heterocycles. The summed E-state index contributed by atoms with van der Waals surface area (Å²) in [5, 5.41) is 120. The molecule has 3 fully saturated rings. The predicted molar refractivity (Wildman–Crippen MR) is 314 cm³/mol. The third-order valence-electron chi connectivity index (χ3n) is 16.5. The Kier molecular flexibility index (Phi) is 42.2. The minimum Gasteiger partial charge on any atom is -0.394 e. The molecule has 19 heteroatoms. The molecule has 0 saturated carbocycles. The second-order valence-electron chi connectivity index (χ2n) is 23.6. The van der Waals surface area contributed by atoms with E-state index in [-0.39, 0.29) is 18.9 Å². The fourth-order valence-electron chi connectivity index (χ4n) is 11.1. The molecular weight excluding hydrogens is 1060 g/mol. The normalized spacial score (nSPS) is 29.7. The minimum absolute atomic E-state index is 0.240. The summed E-state index contributed by atoms with van der Waals surface area (Å²) in [4.78, 5) is 13.3. The Morgan fingerprint density at radius 3 is 1.22 bits per heavy atom. The van der Waals surface area contributed by atoms with Crippen molar-refractivity contribution >= 4 is 5.91 Å². The quantitative estimate of drug-likeness (QED) is 0.0213. The summed E-state index contributed by atoms with van der Waals surface area (Å²) in [5.74, 6) is -0.283. The van der Waals surface area contributed by atoms with Crippen molar-refractivity contribution in [2.45, 2.75) is 343 Å². The smallest absolute Gasteiger partial charge is 0.220 e. The molecule has 17 unspecified atom stereocenters. The van der Waals surface area contributed by atoms with Gasteiger partial charge in [0.15, 0.2) is 18.9 Å². The molecule has 0 bridgehead atoms. The highest BCUT2D eigenvalue weighted by Crippen LogP contribution is 2.33. The van der Waals surface area contributed by atoms with E-state index in [1.807, 2.05) is 6.08 Å². The first-order chi connectivity index (χ1) is 39.8. The van der Waals surface area contributed by atoms with E-state index in [1.165, 1.54) is 167 Å². The monoisotopic (exact) mass is 1180 g/mol. The van der Waals surface area contributed by atoms with Crippen LogP contribution < -0.4 is 5.32 Å². The average Bonchev–Trinajstić information content (AvgIpc) is 2.92. The molecule has 3 aliphatic heterocycles. The number of hydrogen-bond acceptors (Lipinski definition) is 18. The fourth-order valence-corrected chi connectivity index (χ4v) is 11.1. The van der Waals surface area contributed by atoms with E-state index >= 15 is 0 Å². The molecule has 3 saturated heterocycles. The third-order valence-corrected chi connectivity index (χ3v) is 16.5. The first-order valence-electron chi connectivity index (χ1n) is 32.6. The number of hydrogen-bond donors (Lipinski definition) is 12. The Morgan fingerprint density at radius 1 is 0.427 bits per heavy atom. The zero-order valence-corrected chi connectivity index (χ0v) is 50.5. The van der Waals surface area contributed by atoms with Crippen LogP contribution in [0.2, 0.25) is 0 Å². The number of carbonyl (C=O) groups is 1. The molecule has 3 aliphatic rings. The first kappa shape index (κ1) is 74.5. The van der Waals surface area contributed by atoms with Gasteiger partial charge in [-0.1, -0.05) is 224 Å². The minimum atomic E-state index is -1.98. The molecule has 12 N–H and O–H groups in total. The molecule has 0 aromatic heterocycles. The van der Waals surface area contributed by atoms with Crippen LogP contribution in [-0.4, -0.2) is 193 Å². The van der Waals surface area contributed by atoms with Gasteiger partial charge < -0.3 is 89.9 Å². The van der Waals surface area contributed by atoms with Crippen LogP contribution in [0.1, 0.15) is 239 Å². The highest BCUT2D eigenvalue weighted by Gasteiger charge is 2.53. The molecule has 482 valence electrons. The Bertz CT molecular complexity index is 1590. The number of ether oxygens (including phenoxy) is 6. The van der Waals surface area contributed by atoms with Crippen LogP contribution in [0.5, 0.6) is 0 Å². The number of nitrogens with one attached hydrogen (secondary N) is 1. The van der Waals surface area contributed by atoms with Crippen molar-refractivity contribution in [2.24, 2.45) is 0 Å². The molecule has 82 heavy (non-hydrogen) atoms. The first-order valence-corrected chi connectivity index (χ1v) is 32.6. The lowest BCUT2D eigenvalue weighted by atomic mass is 9.96. The Balaban J connectivity index is 1.48. The second kappa shape index (κ2) is 46.4. The van der Waals surface area contributed by atoms with Gasteiger partial charge in [0.1, 0.15) is 73.2 Å². The van der Waals surface area contributed by atoms with Gasteiger partial charge in [-0.25, -0.2) is 0 Å². The van der Waals surface area contributed by atoms with Crippen molar-refractivity contribution in [3.8, 4) is 0 Å². The van der Waals surface area contributed by atoms with E-state index in [4.69, 9.17) is 28.4 Å². The number of amides is 1. The SMILES string of the molecule is CCCCCCCCCCCCCCCCCC/C=C/CC/C=C/C(O)C(COC1OC(CO)C(OC2OC(CO)C(OC3OC(CO)C(O)C(O)C3O)C(O)C2O)C(O)C1O)NC(=O)CCCCCCCCCCCCCCCCC. The van der Waals surface area contributed by atoms with Gasteiger partial charge in [-0.15, -0.1) is 0 Å². The summed E-state index contributed by atoms with van der Waals surface area (Å²) in [5.41, 5.74) is 0. The van der Waals surface area contributed by atoms with Crippen LogP contribution >= 0.6 is 0 Å². The lowest BCUT2D eigenvalue weighted by Crippen LogP contribution is -2.66. The lowest BCUT2D eigenvalue weighted by molar-refractivity contribution is -0.379. The van der Waals surface area contributed by atoms with Crippen LogP contribution in [0.15, 0.2) is 24.3 Å². The molecule has 0 radical (unpaired) electrons. The summed E-state index contributed by atoms with van der Waals surface area (Å²) in [7, 11) is 0. The molecule has 0 spiro atoms. The number of unbranched alkanes of at least 4 members (excludes halogenated alkanes) is 31. The summed E-state index contributed by atoms with van der Waals surface area (Å²) in [6.45, 7) is 1.73. The lowest BCUT2D eigenvalue weighted by Gasteiger charge is -2.48. The van der Waals surface area contributed by atoms with E-state index in [0.717, 1.165) is 38.5 Å². The highest BCUT2D eigenvalue weighted by atomic mass is 16.8. The predicted octanol–water partition coefficient (Wildman–Crippen LogP) is 7.10. The average molecular weight is 1180 g/mol. The van der Waals surface area contributed by atoms with E-state index in [0.29, 0.717) is 12.8 Å². The zero-order chi connectivity index (χ0) is 59.7. The van der Waals surface area contributed by atoms with E-state index < -0.39 is 124 Å². The largest absolute Gasteiger partial charge is 0.394 e. The van der Waals surface area contributed by atoms with Gasteiger partial charge in [0.2, 0.25) is 5.91 Å². The standard InChI is InChI=1S/C63H117NO18/c1-3-5-7-9-11-13-15-17-19-20-21-22-23-24-25-27-28-30-32-34-36-38-40-47(68)46(64-51(69)41-39-37-35-33-31-29-26-18-16-14-12-10-8-6-4-2)45-77-61-57(75)54(72)59(49(43-66)79-61)82-63-58(76)55(73)60(50(44-67)80-63)81-62-56(74)53(71)52(70)48(42-65)78-62/h30,32,38,40,46-50,52-63,65-68,70-76H,3-29,31,33-37,39,41-45H2,1-2H3,(H,64,69)/b32-30+,40-38+. The number of aliphatic hydroxyl groups excluding tert-OH is 11. The van der Waals surface area contributed by atoms with Crippen LogP contribution in [0.4, 0.5) is 0 Å². The van der Waals surface area contributed by atoms with Crippen molar-refractivity contribution in [2.75, 3.05) is 26.4 Å². The van der Waals surface area contributed by atoms with Crippen LogP contribution in [0.3, 0.4) is 0 Å². The molecule has 0 aliphatic carbocycles. The Labute approximate surface area is 492 Å². The van der Waals surface area contributed by atoms with Crippen LogP contribution in [-0.2, 0) is 33.2 Å². The Hall–Kier alpha value is -1.73. The molecule has 0 aromatic carbocycles. The number of aliphatic hydroxyl groups is 11. The summed E-state index contributed by atoms with van der Waals surface area (Å²) in [6, 6.07) is -0.985. The summed E-state index contributed by atoms with van der Waals surface area (Å²) in [6.07, 6.45) is 23.0. The number of allylic oxidation sites excluding steroid dienone is 3. The summed E-state index contributed by atoms with van der Waals surface area (Å²) < 4.78 is 34.3. The summed E-state index contributed by atoms with van der Waals surface area (Å²) >= 11 is 0.